The Kier molecular flexibility index (Phi) is 3.64. The van der Waals surface area contributed by atoms with Crippen LogP contribution in [0.15, 0.2) is 4.34 Å². The van der Waals surface area contributed by atoms with Crippen LogP contribution in [0, 0.1) is 0 Å². The molecule has 1 saturated heterocycles. The van der Waals surface area contributed by atoms with Crippen molar-refractivity contribution in [3.63, 3.8) is 0 Å². The fourth-order valence-corrected chi connectivity index (χ4v) is 4.64. The van der Waals surface area contributed by atoms with E-state index in [0.29, 0.717) is 6.54 Å². The molecule has 0 radical (unpaired) electrons. The Labute approximate surface area is 109 Å². The van der Waals surface area contributed by atoms with Crippen LogP contribution in [0.5, 0.6) is 0 Å². The quantitative estimate of drug-likeness (QED) is 0.826. The van der Waals surface area contributed by atoms with Crippen molar-refractivity contribution in [2.75, 3.05) is 11.9 Å². The summed E-state index contributed by atoms with van der Waals surface area (Å²) in [4.78, 5) is 10.8. The van der Waals surface area contributed by atoms with Crippen LogP contribution in [-0.4, -0.2) is 41.4 Å². The summed E-state index contributed by atoms with van der Waals surface area (Å²) in [7, 11) is -3.58. The van der Waals surface area contributed by atoms with Crippen LogP contribution in [0.3, 0.4) is 0 Å². The number of nitrogens with zero attached hydrogens (tertiary/aromatic N) is 3. The number of hydrogen-bond donors (Lipinski definition) is 1. The van der Waals surface area contributed by atoms with E-state index in [1.54, 1.807) is 0 Å². The summed E-state index contributed by atoms with van der Waals surface area (Å²) in [5, 5.41) is 9.92. The van der Waals surface area contributed by atoms with Crippen LogP contribution >= 0.6 is 11.3 Å². The van der Waals surface area contributed by atoms with E-state index in [2.05, 4.69) is 15.5 Å². The highest BCUT2D eigenvalue weighted by atomic mass is 32.2. The Morgan fingerprint density at radius 3 is 2.78 bits per heavy atom. The molecule has 7 nitrogen and oxygen atoms in total. The molecule has 1 N–H and O–H groups in total. The fourth-order valence-electron chi connectivity index (χ4n) is 1.88. The molecule has 1 aliphatic heterocycles. The van der Waals surface area contributed by atoms with Gasteiger partial charge in [-0.3, -0.25) is 4.79 Å². The number of sulfonamides is 1. The number of carbonyl (C=O) groups excluding carboxylic acids is 1. The predicted molar refractivity (Wildman–Crippen MR) is 66.8 cm³/mol. The van der Waals surface area contributed by atoms with Gasteiger partial charge in [-0.15, -0.1) is 10.2 Å². The number of amides is 1. The maximum Gasteiger partial charge on any atom is 0.272 e. The fraction of sp³-hybridized carbons (Fsp3) is 0.667. The molecule has 0 aromatic carbocycles. The van der Waals surface area contributed by atoms with Crippen LogP contribution in [0.4, 0.5) is 5.13 Å². The lowest BCUT2D eigenvalue weighted by molar-refractivity contribution is -0.114. The van der Waals surface area contributed by atoms with E-state index in [0.717, 1.165) is 24.2 Å². The molecule has 2 rings (SSSR count). The Morgan fingerprint density at radius 1 is 1.50 bits per heavy atom. The lowest BCUT2D eigenvalue weighted by Crippen LogP contribution is -2.33. The average Bonchev–Trinajstić information content (AvgIpc) is 2.86. The molecule has 1 aromatic heterocycles. The molecule has 0 bridgehead atoms. The smallest absolute Gasteiger partial charge is 0.272 e. The first-order valence-electron chi connectivity index (χ1n) is 5.54. The van der Waals surface area contributed by atoms with Crippen molar-refractivity contribution in [2.24, 2.45) is 0 Å². The summed E-state index contributed by atoms with van der Waals surface area (Å²) in [6.07, 6.45) is 1.72. The zero-order valence-electron chi connectivity index (χ0n) is 10.1. The third-order valence-corrected chi connectivity index (χ3v) is 5.91. The van der Waals surface area contributed by atoms with E-state index in [9.17, 15) is 13.2 Å². The predicted octanol–water partition coefficient (Wildman–Crippen LogP) is 0.669. The SMILES string of the molecule is CC(=O)Nc1nnc(S(=O)(=O)N2CCCC2C)s1. The number of nitrogens with one attached hydrogen (secondary N) is 1. The Balaban J connectivity index is 2.24. The highest BCUT2D eigenvalue weighted by Crippen LogP contribution is 2.28. The van der Waals surface area contributed by atoms with Crippen LogP contribution in [-0.2, 0) is 14.8 Å². The van der Waals surface area contributed by atoms with Gasteiger partial charge in [0.15, 0.2) is 0 Å². The maximum atomic E-state index is 12.3. The molecular formula is C9H14N4O3S2. The molecule has 2 heterocycles. The average molecular weight is 290 g/mol. The number of hydrogen-bond acceptors (Lipinski definition) is 6. The zero-order chi connectivity index (χ0) is 13.3. The first-order valence-corrected chi connectivity index (χ1v) is 7.80. The van der Waals surface area contributed by atoms with Gasteiger partial charge in [-0.1, -0.05) is 11.3 Å². The van der Waals surface area contributed by atoms with Crippen molar-refractivity contribution < 1.29 is 13.2 Å². The largest absolute Gasteiger partial charge is 0.301 e. The summed E-state index contributed by atoms with van der Waals surface area (Å²) in [6, 6.07) is -0.0110. The number of aromatic nitrogens is 2. The van der Waals surface area contributed by atoms with E-state index >= 15 is 0 Å². The first kappa shape index (κ1) is 13.4. The van der Waals surface area contributed by atoms with Gasteiger partial charge in [-0.2, -0.15) is 4.31 Å². The summed E-state index contributed by atoms with van der Waals surface area (Å²) >= 11 is 0.873. The highest BCUT2D eigenvalue weighted by molar-refractivity contribution is 7.91. The van der Waals surface area contributed by atoms with E-state index < -0.39 is 10.0 Å². The lowest BCUT2D eigenvalue weighted by Gasteiger charge is -2.18. The molecule has 18 heavy (non-hydrogen) atoms. The van der Waals surface area contributed by atoms with Crippen LogP contribution < -0.4 is 5.32 Å². The molecule has 9 heteroatoms. The van der Waals surface area contributed by atoms with Gasteiger partial charge in [0.05, 0.1) is 0 Å². The molecule has 1 fully saturated rings. The third kappa shape index (κ3) is 2.52. The molecule has 0 saturated carbocycles. The van der Waals surface area contributed by atoms with Gasteiger partial charge in [0, 0.05) is 19.5 Å². The van der Waals surface area contributed by atoms with E-state index in [4.69, 9.17) is 0 Å². The Hall–Kier alpha value is -1.06. The van der Waals surface area contributed by atoms with Crippen LogP contribution in [0.25, 0.3) is 0 Å². The van der Waals surface area contributed by atoms with Crippen LogP contribution in [0.1, 0.15) is 26.7 Å². The van der Waals surface area contributed by atoms with Crippen molar-refractivity contribution >= 4 is 32.4 Å². The van der Waals surface area contributed by atoms with E-state index in [1.165, 1.54) is 11.2 Å². The number of carbonyl (C=O) groups is 1. The molecule has 1 aliphatic rings. The topological polar surface area (TPSA) is 92.3 Å². The summed E-state index contributed by atoms with van der Waals surface area (Å²) < 4.78 is 25.9. The summed E-state index contributed by atoms with van der Waals surface area (Å²) in [5.41, 5.74) is 0. The van der Waals surface area contributed by atoms with Crippen molar-refractivity contribution in [1.82, 2.24) is 14.5 Å². The summed E-state index contributed by atoms with van der Waals surface area (Å²) in [6.45, 7) is 3.72. The monoisotopic (exact) mass is 290 g/mol. The second-order valence-electron chi connectivity index (χ2n) is 4.16. The van der Waals surface area contributed by atoms with Crippen LogP contribution in [0.2, 0.25) is 0 Å². The van der Waals surface area contributed by atoms with E-state index in [1.807, 2.05) is 6.92 Å². The van der Waals surface area contributed by atoms with Gasteiger partial charge in [0.2, 0.25) is 15.4 Å². The second kappa shape index (κ2) is 4.90. The minimum atomic E-state index is -3.58. The number of anilines is 1. The molecule has 100 valence electrons. The van der Waals surface area contributed by atoms with Gasteiger partial charge in [0.1, 0.15) is 0 Å². The minimum absolute atomic E-state index is 0.0110. The maximum absolute atomic E-state index is 12.3. The van der Waals surface area contributed by atoms with Crippen molar-refractivity contribution in [3.8, 4) is 0 Å². The highest BCUT2D eigenvalue weighted by Gasteiger charge is 2.35. The second-order valence-corrected chi connectivity index (χ2v) is 7.20. The molecule has 0 spiro atoms. The van der Waals surface area contributed by atoms with Crippen molar-refractivity contribution in [3.05, 3.63) is 0 Å². The summed E-state index contributed by atoms with van der Waals surface area (Å²) in [5.74, 6) is -0.301. The third-order valence-electron chi connectivity index (χ3n) is 2.71. The normalized spacial score (nSPS) is 21.1. The lowest BCUT2D eigenvalue weighted by atomic mass is 10.3. The van der Waals surface area contributed by atoms with Gasteiger partial charge >= 0.3 is 0 Å². The minimum Gasteiger partial charge on any atom is -0.301 e. The first-order chi connectivity index (χ1) is 8.41. The molecular weight excluding hydrogens is 276 g/mol. The van der Waals surface area contributed by atoms with Gasteiger partial charge in [-0.05, 0) is 19.8 Å². The Morgan fingerprint density at radius 2 is 2.22 bits per heavy atom. The molecule has 1 atom stereocenters. The number of rotatable bonds is 3. The van der Waals surface area contributed by atoms with Gasteiger partial charge in [0.25, 0.3) is 10.0 Å². The van der Waals surface area contributed by atoms with Gasteiger partial charge < -0.3 is 5.32 Å². The van der Waals surface area contributed by atoms with Crippen molar-refractivity contribution in [1.29, 1.82) is 0 Å². The molecule has 1 aromatic rings. The standard InChI is InChI=1S/C9H14N4O3S2/c1-6-4-3-5-13(6)18(15,16)9-12-11-8(17-9)10-7(2)14/h6H,3-5H2,1-2H3,(H,10,11,14). The molecule has 1 unspecified atom stereocenters. The van der Waals surface area contributed by atoms with E-state index in [-0.39, 0.29) is 21.4 Å². The van der Waals surface area contributed by atoms with Gasteiger partial charge in [-0.25, -0.2) is 8.42 Å². The Bertz CT molecular complexity index is 554. The molecule has 0 aliphatic carbocycles. The molecule has 1 amide bonds. The van der Waals surface area contributed by atoms with Crippen molar-refractivity contribution in [2.45, 2.75) is 37.1 Å². The zero-order valence-corrected chi connectivity index (χ0v) is 11.7.